The Balaban J connectivity index is 2.51. The molecule has 0 unspecified atom stereocenters. The Morgan fingerprint density at radius 1 is 1.25 bits per heavy atom. The normalized spacial score (nSPS) is 10.4. The van der Waals surface area contributed by atoms with Gasteiger partial charge < -0.3 is 9.30 Å². The van der Waals surface area contributed by atoms with Crippen molar-refractivity contribution in [3.63, 3.8) is 0 Å². The highest BCUT2D eigenvalue weighted by Gasteiger charge is 2.19. The molecular weight excluding hydrogens is 280 g/mol. The number of methoxy groups -OCH3 is 1. The highest BCUT2D eigenvalue weighted by atomic mass is 35.5. The molecule has 0 fully saturated rings. The maximum Gasteiger partial charge on any atom is 0.280 e. The summed E-state index contributed by atoms with van der Waals surface area (Å²) in [5.41, 5.74) is 1.09. The number of nitrogens with zero attached hydrogens (tertiary/aromatic N) is 2. The molecule has 0 aliphatic rings. The van der Waals surface area contributed by atoms with Gasteiger partial charge in [-0.05, 0) is 18.2 Å². The largest absolute Gasteiger partial charge is 0.496 e. The summed E-state index contributed by atoms with van der Waals surface area (Å²) >= 11 is 6.25. The summed E-state index contributed by atoms with van der Waals surface area (Å²) in [6, 6.07) is 7.08. The molecule has 0 aliphatic heterocycles. The number of rotatable bonds is 4. The Kier molecular flexibility index (Phi) is 4.32. The lowest BCUT2D eigenvalue weighted by Gasteiger charge is -2.17. The van der Waals surface area contributed by atoms with E-state index in [2.05, 4.69) is 0 Å². The van der Waals surface area contributed by atoms with E-state index in [1.807, 2.05) is 29.1 Å². The Morgan fingerprint density at radius 3 is 2.45 bits per heavy atom. The van der Waals surface area contributed by atoms with Crippen LogP contribution >= 0.6 is 11.6 Å². The summed E-state index contributed by atoms with van der Waals surface area (Å²) in [6.45, 7) is 0. The lowest BCUT2D eigenvalue weighted by Crippen LogP contribution is -2.26. The van der Waals surface area contributed by atoms with E-state index < -0.39 is 0 Å². The van der Waals surface area contributed by atoms with Crippen LogP contribution in [0.25, 0.3) is 5.69 Å². The number of aromatic nitrogens is 1. The zero-order valence-electron chi connectivity index (χ0n) is 11.5. The van der Waals surface area contributed by atoms with Crippen LogP contribution in [0.1, 0.15) is 10.4 Å². The third-order valence-electron chi connectivity index (χ3n) is 2.94. The fraction of sp³-hybridized carbons (Fsp3) is 0.214. The average molecular weight is 295 g/mol. The van der Waals surface area contributed by atoms with Crippen molar-refractivity contribution in [1.82, 2.24) is 9.63 Å². The number of carbonyl (C=O) groups is 1. The SMILES string of the molecule is COc1cc(-n2cccc2)c(Cl)cc1C(=O)N(C)OC. The van der Waals surface area contributed by atoms with Gasteiger partial charge in [0.05, 0.1) is 30.5 Å². The summed E-state index contributed by atoms with van der Waals surface area (Å²) in [7, 11) is 4.45. The van der Waals surface area contributed by atoms with Crippen LogP contribution in [-0.2, 0) is 4.84 Å². The monoisotopic (exact) mass is 294 g/mol. The van der Waals surface area contributed by atoms with Crippen LogP contribution in [-0.4, -0.2) is 36.8 Å². The lowest BCUT2D eigenvalue weighted by atomic mass is 10.1. The van der Waals surface area contributed by atoms with Gasteiger partial charge >= 0.3 is 0 Å². The molecule has 1 aromatic carbocycles. The van der Waals surface area contributed by atoms with Gasteiger partial charge in [-0.3, -0.25) is 9.63 Å². The van der Waals surface area contributed by atoms with Gasteiger partial charge in [0.1, 0.15) is 5.75 Å². The second kappa shape index (κ2) is 5.98. The van der Waals surface area contributed by atoms with Crippen LogP contribution in [0.15, 0.2) is 36.7 Å². The van der Waals surface area contributed by atoms with E-state index in [1.165, 1.54) is 21.3 Å². The summed E-state index contributed by atoms with van der Waals surface area (Å²) in [5, 5.41) is 1.57. The zero-order valence-corrected chi connectivity index (χ0v) is 12.2. The molecule has 0 saturated heterocycles. The highest BCUT2D eigenvalue weighted by molar-refractivity contribution is 6.33. The number of amides is 1. The molecule has 6 heteroatoms. The number of hydrogen-bond donors (Lipinski definition) is 0. The average Bonchev–Trinajstić information content (AvgIpc) is 2.99. The summed E-state index contributed by atoms with van der Waals surface area (Å²) < 4.78 is 7.13. The fourth-order valence-corrected chi connectivity index (χ4v) is 2.09. The highest BCUT2D eigenvalue weighted by Crippen LogP contribution is 2.30. The maximum absolute atomic E-state index is 12.2. The molecule has 0 saturated carbocycles. The van der Waals surface area contributed by atoms with Gasteiger partial charge in [0, 0.05) is 25.5 Å². The second-order valence-electron chi connectivity index (χ2n) is 4.08. The molecule has 20 heavy (non-hydrogen) atoms. The van der Waals surface area contributed by atoms with Crippen LogP contribution in [0.2, 0.25) is 5.02 Å². The number of halogens is 1. The van der Waals surface area contributed by atoms with Crippen molar-refractivity contribution in [2.45, 2.75) is 0 Å². The first-order chi connectivity index (χ1) is 9.58. The summed E-state index contributed by atoms with van der Waals surface area (Å²) in [6.07, 6.45) is 3.73. The molecule has 5 nitrogen and oxygen atoms in total. The molecule has 0 bridgehead atoms. The Hall–Kier alpha value is -1.98. The molecule has 2 rings (SSSR count). The molecule has 0 aliphatic carbocycles. The molecule has 0 atom stereocenters. The predicted molar refractivity (Wildman–Crippen MR) is 76.4 cm³/mol. The first kappa shape index (κ1) is 14.4. The van der Waals surface area contributed by atoms with Crippen LogP contribution < -0.4 is 4.74 Å². The van der Waals surface area contributed by atoms with Crippen molar-refractivity contribution in [2.75, 3.05) is 21.3 Å². The van der Waals surface area contributed by atoms with Crippen molar-refractivity contribution < 1.29 is 14.4 Å². The first-order valence-corrected chi connectivity index (χ1v) is 6.29. The molecule has 0 radical (unpaired) electrons. The van der Waals surface area contributed by atoms with Gasteiger partial charge in [0.25, 0.3) is 5.91 Å². The van der Waals surface area contributed by atoms with Crippen molar-refractivity contribution >= 4 is 17.5 Å². The number of carbonyl (C=O) groups excluding carboxylic acids is 1. The number of hydroxylamine groups is 2. The van der Waals surface area contributed by atoms with E-state index >= 15 is 0 Å². The van der Waals surface area contributed by atoms with Crippen LogP contribution in [0, 0.1) is 0 Å². The van der Waals surface area contributed by atoms with Crippen molar-refractivity contribution in [1.29, 1.82) is 0 Å². The third kappa shape index (κ3) is 2.64. The molecule has 1 aromatic heterocycles. The van der Waals surface area contributed by atoms with Gasteiger partial charge in [-0.2, -0.15) is 0 Å². The molecule has 106 valence electrons. The summed E-state index contributed by atoms with van der Waals surface area (Å²) in [5.74, 6) is 0.109. The van der Waals surface area contributed by atoms with Crippen LogP contribution in [0.3, 0.4) is 0 Å². The number of benzene rings is 1. The molecule has 0 N–H and O–H groups in total. The van der Waals surface area contributed by atoms with Crippen LogP contribution in [0.4, 0.5) is 0 Å². The predicted octanol–water partition coefficient (Wildman–Crippen LogP) is 2.77. The topological polar surface area (TPSA) is 43.7 Å². The number of hydrogen-bond acceptors (Lipinski definition) is 3. The van der Waals surface area contributed by atoms with Gasteiger partial charge in [0.2, 0.25) is 0 Å². The van der Waals surface area contributed by atoms with Gasteiger partial charge in [0.15, 0.2) is 0 Å². The zero-order chi connectivity index (χ0) is 14.7. The molecular formula is C14H15ClN2O3. The third-order valence-corrected chi connectivity index (χ3v) is 3.24. The molecule has 2 aromatic rings. The number of ether oxygens (including phenoxy) is 1. The van der Waals surface area contributed by atoms with E-state index in [0.29, 0.717) is 16.3 Å². The van der Waals surface area contributed by atoms with Crippen molar-refractivity contribution in [2.24, 2.45) is 0 Å². The van der Waals surface area contributed by atoms with Gasteiger partial charge in [-0.15, -0.1) is 0 Å². The van der Waals surface area contributed by atoms with Gasteiger partial charge in [-0.25, -0.2) is 5.06 Å². The maximum atomic E-state index is 12.2. The minimum atomic E-state index is -0.328. The van der Waals surface area contributed by atoms with Crippen molar-refractivity contribution in [3.8, 4) is 11.4 Å². The standard InChI is InChI=1S/C14H15ClN2O3/c1-16(20-3)14(18)10-8-11(15)12(9-13(10)19-2)17-6-4-5-7-17/h4-9H,1-3H3. The molecule has 1 heterocycles. The van der Waals surface area contributed by atoms with Crippen LogP contribution in [0.5, 0.6) is 5.75 Å². The lowest BCUT2D eigenvalue weighted by molar-refractivity contribution is -0.0758. The van der Waals surface area contributed by atoms with E-state index in [9.17, 15) is 4.79 Å². The fourth-order valence-electron chi connectivity index (χ4n) is 1.82. The molecule has 1 amide bonds. The minimum absolute atomic E-state index is 0.328. The summed E-state index contributed by atoms with van der Waals surface area (Å²) in [4.78, 5) is 17.0. The van der Waals surface area contributed by atoms with E-state index in [0.717, 1.165) is 10.8 Å². The second-order valence-corrected chi connectivity index (χ2v) is 4.49. The Labute approximate surface area is 122 Å². The van der Waals surface area contributed by atoms with Gasteiger partial charge in [-0.1, -0.05) is 11.6 Å². The Bertz CT molecular complexity index is 611. The van der Waals surface area contributed by atoms with E-state index in [4.69, 9.17) is 21.2 Å². The first-order valence-electron chi connectivity index (χ1n) is 5.91. The quantitative estimate of drug-likeness (QED) is 0.815. The van der Waals surface area contributed by atoms with Crippen molar-refractivity contribution in [3.05, 3.63) is 47.2 Å². The minimum Gasteiger partial charge on any atom is -0.496 e. The van der Waals surface area contributed by atoms with E-state index in [1.54, 1.807) is 12.1 Å². The Morgan fingerprint density at radius 2 is 1.90 bits per heavy atom. The van der Waals surface area contributed by atoms with E-state index in [-0.39, 0.29) is 5.91 Å². The smallest absolute Gasteiger partial charge is 0.280 e. The molecule has 0 spiro atoms.